The summed E-state index contributed by atoms with van der Waals surface area (Å²) in [5.41, 5.74) is 1.03. The van der Waals surface area contributed by atoms with Gasteiger partial charge in [-0.2, -0.15) is 0 Å². The van der Waals surface area contributed by atoms with Gasteiger partial charge in [0.25, 0.3) is 0 Å². The van der Waals surface area contributed by atoms with Gasteiger partial charge in [0, 0.05) is 24.2 Å². The van der Waals surface area contributed by atoms with Gasteiger partial charge >= 0.3 is 0 Å². The number of hydrogen-bond donors (Lipinski definition) is 1. The minimum Gasteiger partial charge on any atom is -0.360 e. The van der Waals surface area contributed by atoms with Crippen LogP contribution in [0.1, 0.15) is 5.56 Å². The van der Waals surface area contributed by atoms with E-state index in [9.17, 15) is 0 Å². The molecule has 15 heavy (non-hydrogen) atoms. The highest BCUT2D eigenvalue weighted by Gasteiger charge is 2.36. The molecule has 1 atom stereocenters. The first-order chi connectivity index (χ1) is 7.42. The molecular formula is C13H12N2. The lowest BCUT2D eigenvalue weighted by molar-refractivity contribution is 0.264. The van der Waals surface area contributed by atoms with Crippen molar-refractivity contribution in [3.8, 4) is 0 Å². The SMILES string of the molecule is C1=CN2C=CNC2(c2ccccc2)C=C1. The summed E-state index contributed by atoms with van der Waals surface area (Å²) in [6.07, 6.45) is 12.4. The molecule has 0 bridgehead atoms. The van der Waals surface area contributed by atoms with E-state index in [4.69, 9.17) is 0 Å². The molecule has 0 aromatic heterocycles. The summed E-state index contributed by atoms with van der Waals surface area (Å²) in [6.45, 7) is 0. The van der Waals surface area contributed by atoms with Gasteiger partial charge in [-0.25, -0.2) is 0 Å². The monoisotopic (exact) mass is 196 g/mol. The fourth-order valence-corrected chi connectivity index (χ4v) is 2.10. The molecule has 74 valence electrons. The zero-order valence-corrected chi connectivity index (χ0v) is 8.30. The Kier molecular flexibility index (Phi) is 1.68. The number of fused-ring (bicyclic) bond motifs is 1. The molecule has 0 aliphatic carbocycles. The summed E-state index contributed by atoms with van der Waals surface area (Å²) in [5, 5.41) is 3.40. The smallest absolute Gasteiger partial charge is 0.160 e. The Hall–Kier alpha value is -1.96. The molecule has 2 heteroatoms. The molecule has 1 unspecified atom stereocenters. The molecule has 0 spiro atoms. The third kappa shape index (κ3) is 1.11. The van der Waals surface area contributed by atoms with E-state index in [1.54, 1.807) is 0 Å². The molecule has 2 aliphatic rings. The van der Waals surface area contributed by atoms with Crippen LogP contribution in [-0.4, -0.2) is 4.90 Å². The quantitative estimate of drug-likeness (QED) is 0.741. The van der Waals surface area contributed by atoms with Crippen LogP contribution in [0.15, 0.2) is 67.2 Å². The molecule has 3 rings (SSSR count). The second kappa shape index (κ2) is 3.02. The van der Waals surface area contributed by atoms with Crippen molar-refractivity contribution >= 4 is 0 Å². The maximum Gasteiger partial charge on any atom is 0.160 e. The van der Waals surface area contributed by atoms with Crippen LogP contribution >= 0.6 is 0 Å². The van der Waals surface area contributed by atoms with Crippen molar-refractivity contribution < 1.29 is 0 Å². The van der Waals surface area contributed by atoms with Crippen LogP contribution in [0.5, 0.6) is 0 Å². The Labute approximate surface area is 89.2 Å². The number of nitrogens with one attached hydrogen (secondary N) is 1. The topological polar surface area (TPSA) is 15.3 Å². The van der Waals surface area contributed by atoms with Gasteiger partial charge in [-0.1, -0.05) is 36.4 Å². The Morgan fingerprint density at radius 2 is 1.87 bits per heavy atom. The van der Waals surface area contributed by atoms with Gasteiger partial charge in [-0.3, -0.25) is 0 Å². The van der Waals surface area contributed by atoms with Crippen molar-refractivity contribution in [1.82, 2.24) is 10.2 Å². The third-order valence-electron chi connectivity index (χ3n) is 2.85. The molecule has 2 aliphatic heterocycles. The number of rotatable bonds is 1. The molecule has 1 aromatic carbocycles. The van der Waals surface area contributed by atoms with Crippen molar-refractivity contribution in [2.75, 3.05) is 0 Å². The average Bonchev–Trinajstić information content (AvgIpc) is 2.75. The van der Waals surface area contributed by atoms with E-state index < -0.39 is 0 Å². The van der Waals surface area contributed by atoms with Crippen LogP contribution in [0.25, 0.3) is 0 Å². The van der Waals surface area contributed by atoms with E-state index in [0.717, 1.165) is 0 Å². The Bertz CT molecular complexity index is 445. The molecule has 0 radical (unpaired) electrons. The third-order valence-corrected chi connectivity index (χ3v) is 2.85. The van der Waals surface area contributed by atoms with Crippen LogP contribution in [0.3, 0.4) is 0 Å². The van der Waals surface area contributed by atoms with Crippen LogP contribution in [-0.2, 0) is 5.66 Å². The number of hydrogen-bond acceptors (Lipinski definition) is 2. The van der Waals surface area contributed by atoms with Crippen molar-refractivity contribution in [3.05, 3.63) is 72.7 Å². The minimum atomic E-state index is -0.212. The van der Waals surface area contributed by atoms with Gasteiger partial charge in [-0.15, -0.1) is 0 Å². The van der Waals surface area contributed by atoms with E-state index in [2.05, 4.69) is 52.8 Å². The lowest BCUT2D eigenvalue weighted by atomic mass is 9.96. The summed E-state index contributed by atoms with van der Waals surface area (Å²) in [4.78, 5) is 2.17. The van der Waals surface area contributed by atoms with E-state index >= 15 is 0 Å². The first kappa shape index (κ1) is 8.36. The largest absolute Gasteiger partial charge is 0.360 e. The molecule has 2 nitrogen and oxygen atoms in total. The number of nitrogens with zero attached hydrogens (tertiary/aromatic N) is 1. The molecule has 0 amide bonds. The zero-order valence-electron chi connectivity index (χ0n) is 8.30. The van der Waals surface area contributed by atoms with Crippen molar-refractivity contribution in [1.29, 1.82) is 0 Å². The molecule has 1 N–H and O–H groups in total. The summed E-state index contributed by atoms with van der Waals surface area (Å²) in [7, 11) is 0. The second-order valence-corrected chi connectivity index (χ2v) is 3.70. The second-order valence-electron chi connectivity index (χ2n) is 3.70. The van der Waals surface area contributed by atoms with E-state index in [1.807, 2.05) is 24.5 Å². The minimum absolute atomic E-state index is 0.212. The maximum absolute atomic E-state index is 3.40. The molecule has 0 fully saturated rings. The summed E-state index contributed by atoms with van der Waals surface area (Å²) in [6, 6.07) is 10.4. The Morgan fingerprint density at radius 3 is 2.73 bits per heavy atom. The zero-order chi connectivity index (χ0) is 10.1. The first-order valence-corrected chi connectivity index (χ1v) is 5.06. The van der Waals surface area contributed by atoms with Crippen LogP contribution in [0.2, 0.25) is 0 Å². The van der Waals surface area contributed by atoms with E-state index in [-0.39, 0.29) is 5.66 Å². The van der Waals surface area contributed by atoms with Crippen LogP contribution in [0.4, 0.5) is 0 Å². The van der Waals surface area contributed by atoms with Gasteiger partial charge in [-0.05, 0) is 12.2 Å². The number of allylic oxidation sites excluding steroid dienone is 2. The standard InChI is InChI=1S/C13H12N2/c1-2-6-12(7-3-1)13-8-4-5-10-15(13)11-9-14-13/h1-11,14H. The van der Waals surface area contributed by atoms with Crippen LogP contribution < -0.4 is 5.32 Å². The normalized spacial score (nSPS) is 26.5. The molecular weight excluding hydrogens is 184 g/mol. The van der Waals surface area contributed by atoms with Crippen molar-refractivity contribution in [3.63, 3.8) is 0 Å². The number of benzene rings is 1. The van der Waals surface area contributed by atoms with Crippen molar-refractivity contribution in [2.45, 2.75) is 5.66 Å². The lowest BCUT2D eigenvalue weighted by Crippen LogP contribution is -2.45. The van der Waals surface area contributed by atoms with Gasteiger partial charge in [0.2, 0.25) is 0 Å². The van der Waals surface area contributed by atoms with E-state index in [1.165, 1.54) is 5.56 Å². The van der Waals surface area contributed by atoms with Crippen LogP contribution in [0, 0.1) is 0 Å². The fourth-order valence-electron chi connectivity index (χ4n) is 2.10. The molecule has 1 aromatic rings. The maximum atomic E-state index is 3.40. The summed E-state index contributed by atoms with van der Waals surface area (Å²) >= 11 is 0. The lowest BCUT2D eigenvalue weighted by Gasteiger charge is -2.37. The average molecular weight is 196 g/mol. The highest BCUT2D eigenvalue weighted by atomic mass is 15.3. The first-order valence-electron chi connectivity index (χ1n) is 5.06. The highest BCUT2D eigenvalue weighted by Crippen LogP contribution is 2.33. The van der Waals surface area contributed by atoms with Gasteiger partial charge < -0.3 is 10.2 Å². The molecule has 2 heterocycles. The van der Waals surface area contributed by atoms with Crippen molar-refractivity contribution in [2.24, 2.45) is 0 Å². The van der Waals surface area contributed by atoms with Gasteiger partial charge in [0.15, 0.2) is 5.66 Å². The van der Waals surface area contributed by atoms with Gasteiger partial charge in [0.1, 0.15) is 0 Å². The predicted molar refractivity (Wildman–Crippen MR) is 60.5 cm³/mol. The molecule has 0 saturated carbocycles. The summed E-state index contributed by atoms with van der Waals surface area (Å²) in [5.74, 6) is 0. The van der Waals surface area contributed by atoms with E-state index in [0.29, 0.717) is 0 Å². The molecule has 0 saturated heterocycles. The Morgan fingerprint density at radius 1 is 1.00 bits per heavy atom. The predicted octanol–water partition coefficient (Wildman–Crippen LogP) is 2.30. The Balaban J connectivity index is 2.11. The highest BCUT2D eigenvalue weighted by molar-refractivity contribution is 5.37. The fraction of sp³-hybridized carbons (Fsp3) is 0.0769. The van der Waals surface area contributed by atoms with Gasteiger partial charge in [0.05, 0.1) is 0 Å². The summed E-state index contributed by atoms with van der Waals surface area (Å²) < 4.78 is 0.